The number of rotatable bonds is 5. The van der Waals surface area contributed by atoms with Crippen molar-refractivity contribution >= 4 is 6.29 Å². The molecule has 1 heterocycles. The summed E-state index contributed by atoms with van der Waals surface area (Å²) in [5.74, 6) is 1.15. The van der Waals surface area contributed by atoms with Crippen LogP contribution in [0.15, 0.2) is 30.5 Å². The van der Waals surface area contributed by atoms with E-state index in [2.05, 4.69) is 5.10 Å². The topological polar surface area (TPSA) is 53.4 Å². The van der Waals surface area contributed by atoms with Crippen molar-refractivity contribution in [3.8, 4) is 11.5 Å². The quantitative estimate of drug-likeness (QED) is 0.755. The fraction of sp³-hybridized carbons (Fsp3) is 0.231. The van der Waals surface area contributed by atoms with Crippen molar-refractivity contribution in [3.05, 3.63) is 41.7 Å². The molecule has 0 spiro atoms. The Hall–Kier alpha value is -2.30. The first-order valence-electron chi connectivity index (χ1n) is 5.47. The average molecular weight is 246 g/mol. The van der Waals surface area contributed by atoms with E-state index in [0.717, 1.165) is 12.0 Å². The zero-order valence-corrected chi connectivity index (χ0v) is 10.3. The molecule has 0 fully saturated rings. The summed E-state index contributed by atoms with van der Waals surface area (Å²) >= 11 is 0. The third-order valence-corrected chi connectivity index (χ3v) is 2.49. The lowest BCUT2D eigenvalue weighted by Gasteiger charge is -2.08. The van der Waals surface area contributed by atoms with Crippen molar-refractivity contribution in [2.24, 2.45) is 7.05 Å². The van der Waals surface area contributed by atoms with Gasteiger partial charge in [-0.3, -0.25) is 9.48 Å². The van der Waals surface area contributed by atoms with Crippen molar-refractivity contribution < 1.29 is 14.3 Å². The number of hydrogen-bond donors (Lipinski definition) is 0. The molecule has 1 aromatic heterocycles. The molecule has 5 heteroatoms. The zero-order chi connectivity index (χ0) is 13.0. The third-order valence-electron chi connectivity index (χ3n) is 2.49. The molecule has 18 heavy (non-hydrogen) atoms. The summed E-state index contributed by atoms with van der Waals surface area (Å²) in [6.45, 7) is 0.314. The highest BCUT2D eigenvalue weighted by Crippen LogP contribution is 2.24. The van der Waals surface area contributed by atoms with Crippen molar-refractivity contribution in [1.29, 1.82) is 0 Å². The number of hydrogen-bond acceptors (Lipinski definition) is 4. The highest BCUT2D eigenvalue weighted by molar-refractivity contribution is 5.79. The van der Waals surface area contributed by atoms with Crippen LogP contribution in [0, 0.1) is 0 Å². The van der Waals surface area contributed by atoms with Crippen LogP contribution in [-0.4, -0.2) is 23.2 Å². The van der Waals surface area contributed by atoms with Gasteiger partial charge in [0.05, 0.1) is 18.4 Å². The SMILES string of the molecule is COc1ccc(C=O)c(OCc2ccn(C)n2)c1. The Labute approximate surface area is 105 Å². The first-order chi connectivity index (χ1) is 8.72. The molecule has 2 aromatic rings. The van der Waals surface area contributed by atoms with Gasteiger partial charge in [0.1, 0.15) is 18.1 Å². The second-order valence-electron chi connectivity index (χ2n) is 3.79. The van der Waals surface area contributed by atoms with Gasteiger partial charge >= 0.3 is 0 Å². The summed E-state index contributed by atoms with van der Waals surface area (Å²) in [6.07, 6.45) is 2.60. The molecule has 2 rings (SSSR count). The smallest absolute Gasteiger partial charge is 0.153 e. The first kappa shape index (κ1) is 12.2. The van der Waals surface area contributed by atoms with Crippen LogP contribution in [0.25, 0.3) is 0 Å². The van der Waals surface area contributed by atoms with Crippen LogP contribution >= 0.6 is 0 Å². The highest BCUT2D eigenvalue weighted by Gasteiger charge is 2.06. The van der Waals surface area contributed by atoms with E-state index in [1.807, 2.05) is 19.3 Å². The number of ether oxygens (including phenoxy) is 2. The number of aldehydes is 1. The van der Waals surface area contributed by atoms with E-state index < -0.39 is 0 Å². The predicted octanol–water partition coefficient (Wildman–Crippen LogP) is 1.82. The molecule has 0 atom stereocenters. The molecule has 1 aromatic carbocycles. The maximum absolute atomic E-state index is 10.9. The lowest BCUT2D eigenvalue weighted by Crippen LogP contribution is -2.00. The van der Waals surface area contributed by atoms with Crippen LogP contribution in [0.1, 0.15) is 16.1 Å². The molecule has 0 radical (unpaired) electrons. The van der Waals surface area contributed by atoms with Crippen LogP contribution < -0.4 is 9.47 Å². The fourth-order valence-corrected chi connectivity index (χ4v) is 1.56. The Balaban J connectivity index is 2.14. The molecule has 0 amide bonds. The number of benzene rings is 1. The van der Waals surface area contributed by atoms with E-state index >= 15 is 0 Å². The van der Waals surface area contributed by atoms with Gasteiger partial charge in [-0.2, -0.15) is 5.10 Å². The minimum absolute atomic E-state index is 0.314. The number of carbonyl (C=O) groups excluding carboxylic acids is 1. The molecular weight excluding hydrogens is 232 g/mol. The van der Waals surface area contributed by atoms with Crippen LogP contribution in [-0.2, 0) is 13.7 Å². The van der Waals surface area contributed by atoms with Gasteiger partial charge in [0, 0.05) is 19.3 Å². The van der Waals surface area contributed by atoms with Crippen molar-refractivity contribution in [2.75, 3.05) is 7.11 Å². The molecule has 0 saturated heterocycles. The summed E-state index contributed by atoms with van der Waals surface area (Å²) in [5.41, 5.74) is 1.30. The van der Waals surface area contributed by atoms with Crippen LogP contribution in [0.2, 0.25) is 0 Å². The molecule has 0 aliphatic carbocycles. The molecule has 0 saturated carbocycles. The van der Waals surface area contributed by atoms with Gasteiger partial charge in [0.15, 0.2) is 6.29 Å². The zero-order valence-electron chi connectivity index (χ0n) is 10.3. The monoisotopic (exact) mass is 246 g/mol. The standard InChI is InChI=1S/C13H14N2O3/c1-15-6-5-11(14-15)9-18-13-7-12(17-2)4-3-10(13)8-16/h3-8H,9H2,1-2H3. The van der Waals surface area contributed by atoms with E-state index in [0.29, 0.717) is 23.7 Å². The average Bonchev–Trinajstić information content (AvgIpc) is 2.81. The van der Waals surface area contributed by atoms with Gasteiger partial charge in [-0.05, 0) is 18.2 Å². The Morgan fingerprint density at radius 2 is 2.22 bits per heavy atom. The summed E-state index contributed by atoms with van der Waals surface area (Å²) in [4.78, 5) is 10.9. The molecule has 0 aliphatic heterocycles. The number of aryl methyl sites for hydroxylation is 1. The molecule has 0 unspecified atom stereocenters. The van der Waals surface area contributed by atoms with Crippen molar-refractivity contribution in [1.82, 2.24) is 9.78 Å². The summed E-state index contributed by atoms with van der Waals surface area (Å²) in [5, 5.41) is 4.20. The Kier molecular flexibility index (Phi) is 3.62. The molecule has 5 nitrogen and oxygen atoms in total. The van der Waals surface area contributed by atoms with Gasteiger partial charge in [-0.1, -0.05) is 0 Å². The predicted molar refractivity (Wildman–Crippen MR) is 65.9 cm³/mol. The van der Waals surface area contributed by atoms with Gasteiger partial charge in [-0.25, -0.2) is 0 Å². The van der Waals surface area contributed by atoms with Crippen LogP contribution in [0.5, 0.6) is 11.5 Å². The molecular formula is C13H14N2O3. The third kappa shape index (κ3) is 2.68. The lowest BCUT2D eigenvalue weighted by molar-refractivity contribution is 0.111. The van der Waals surface area contributed by atoms with E-state index in [1.54, 1.807) is 30.0 Å². The highest BCUT2D eigenvalue weighted by atomic mass is 16.5. The summed E-state index contributed by atoms with van der Waals surface area (Å²) < 4.78 is 12.4. The number of aromatic nitrogens is 2. The van der Waals surface area contributed by atoms with Gasteiger partial charge in [-0.15, -0.1) is 0 Å². The van der Waals surface area contributed by atoms with Gasteiger partial charge in [0.25, 0.3) is 0 Å². The number of carbonyl (C=O) groups is 1. The first-order valence-corrected chi connectivity index (χ1v) is 5.47. The maximum Gasteiger partial charge on any atom is 0.153 e. The summed E-state index contributed by atoms with van der Waals surface area (Å²) in [7, 11) is 3.41. The van der Waals surface area contributed by atoms with Gasteiger partial charge in [0.2, 0.25) is 0 Å². The second-order valence-corrected chi connectivity index (χ2v) is 3.79. The Bertz CT molecular complexity index is 549. The van der Waals surface area contributed by atoms with E-state index in [4.69, 9.17) is 9.47 Å². The number of nitrogens with zero attached hydrogens (tertiary/aromatic N) is 2. The molecule has 0 bridgehead atoms. The molecule has 94 valence electrons. The maximum atomic E-state index is 10.9. The largest absolute Gasteiger partial charge is 0.497 e. The minimum atomic E-state index is 0.314. The van der Waals surface area contributed by atoms with Crippen molar-refractivity contribution in [3.63, 3.8) is 0 Å². The number of methoxy groups -OCH3 is 1. The minimum Gasteiger partial charge on any atom is -0.497 e. The lowest BCUT2D eigenvalue weighted by atomic mass is 10.2. The van der Waals surface area contributed by atoms with E-state index in [9.17, 15) is 4.79 Å². The normalized spacial score (nSPS) is 10.1. The second kappa shape index (κ2) is 5.35. The van der Waals surface area contributed by atoms with E-state index in [1.165, 1.54) is 0 Å². The molecule has 0 aliphatic rings. The molecule has 0 N–H and O–H groups in total. The van der Waals surface area contributed by atoms with Crippen LogP contribution in [0.4, 0.5) is 0 Å². The van der Waals surface area contributed by atoms with E-state index in [-0.39, 0.29) is 0 Å². The summed E-state index contributed by atoms with van der Waals surface area (Å²) in [6, 6.07) is 6.93. The Morgan fingerprint density at radius 1 is 1.39 bits per heavy atom. The van der Waals surface area contributed by atoms with Crippen LogP contribution in [0.3, 0.4) is 0 Å². The van der Waals surface area contributed by atoms with Crippen molar-refractivity contribution in [2.45, 2.75) is 6.61 Å². The van der Waals surface area contributed by atoms with Gasteiger partial charge < -0.3 is 9.47 Å². The fourth-order valence-electron chi connectivity index (χ4n) is 1.56. The Morgan fingerprint density at radius 3 is 2.83 bits per heavy atom.